The van der Waals surface area contributed by atoms with Gasteiger partial charge in [-0.2, -0.15) is 0 Å². The zero-order valence-corrected chi connectivity index (χ0v) is 16.2. The van der Waals surface area contributed by atoms with Gasteiger partial charge in [0, 0.05) is 17.7 Å². The number of aromatic nitrogens is 1. The largest absolute Gasteiger partial charge is 0.494 e. The first-order valence-corrected chi connectivity index (χ1v) is 9.69. The summed E-state index contributed by atoms with van der Waals surface area (Å²) in [5, 5.41) is 2.92. The molecule has 1 heterocycles. The molecular weight excluding hydrogens is 364 g/mol. The topological polar surface area (TPSA) is 64.4 Å². The summed E-state index contributed by atoms with van der Waals surface area (Å²) in [6.07, 6.45) is 1.52. The van der Waals surface area contributed by atoms with Crippen LogP contribution in [0.2, 0.25) is 0 Å². The first-order valence-electron chi connectivity index (χ1n) is 9.69. The lowest BCUT2D eigenvalue weighted by molar-refractivity contribution is 0.102. The standard InChI is InChI=1S/C24H22N2O3/c1-2-14-28-20-7-5-6-18(16-20)24(27)25-19-12-10-17(11-13-19)15-23-26-21-8-3-4-9-22(21)29-23/h3-13,16H,2,14-15H2,1H3,(H,25,27). The van der Waals surface area contributed by atoms with Crippen LogP contribution in [0.5, 0.6) is 5.75 Å². The lowest BCUT2D eigenvalue weighted by Gasteiger charge is -2.08. The predicted molar refractivity (Wildman–Crippen MR) is 113 cm³/mol. The van der Waals surface area contributed by atoms with Crippen LogP contribution in [0.25, 0.3) is 11.1 Å². The Labute approximate surface area is 169 Å². The normalized spacial score (nSPS) is 10.8. The highest BCUT2D eigenvalue weighted by atomic mass is 16.5. The molecule has 1 N–H and O–H groups in total. The van der Waals surface area contributed by atoms with Crippen molar-refractivity contribution in [2.45, 2.75) is 19.8 Å². The molecule has 0 unspecified atom stereocenters. The van der Waals surface area contributed by atoms with E-state index in [-0.39, 0.29) is 5.91 Å². The third kappa shape index (κ3) is 4.63. The highest BCUT2D eigenvalue weighted by Crippen LogP contribution is 2.19. The Balaban J connectivity index is 1.40. The van der Waals surface area contributed by atoms with Crippen LogP contribution < -0.4 is 10.1 Å². The summed E-state index contributed by atoms with van der Waals surface area (Å²) in [5.74, 6) is 1.21. The molecule has 29 heavy (non-hydrogen) atoms. The Morgan fingerprint density at radius 3 is 2.66 bits per heavy atom. The number of carbonyl (C=O) groups is 1. The third-order valence-corrected chi connectivity index (χ3v) is 4.47. The van der Waals surface area contributed by atoms with Crippen LogP contribution in [0.1, 0.15) is 35.2 Å². The number of amides is 1. The Bertz CT molecular complexity index is 1080. The Morgan fingerprint density at radius 2 is 1.86 bits per heavy atom. The van der Waals surface area contributed by atoms with Gasteiger partial charge in [-0.05, 0) is 54.4 Å². The van der Waals surface area contributed by atoms with Crippen molar-refractivity contribution in [3.8, 4) is 5.75 Å². The summed E-state index contributed by atoms with van der Waals surface area (Å²) in [6.45, 7) is 2.68. The van der Waals surface area contributed by atoms with E-state index in [9.17, 15) is 4.79 Å². The molecule has 0 fully saturated rings. The molecule has 0 aliphatic heterocycles. The molecule has 4 aromatic rings. The fraction of sp³-hybridized carbons (Fsp3) is 0.167. The minimum atomic E-state index is -0.168. The number of oxazole rings is 1. The van der Waals surface area contributed by atoms with Crippen LogP contribution in [0, 0.1) is 0 Å². The van der Waals surface area contributed by atoms with Crippen molar-refractivity contribution in [3.63, 3.8) is 0 Å². The highest BCUT2D eigenvalue weighted by molar-refractivity contribution is 6.04. The average Bonchev–Trinajstić information content (AvgIpc) is 3.16. The number of benzene rings is 3. The quantitative estimate of drug-likeness (QED) is 0.458. The third-order valence-electron chi connectivity index (χ3n) is 4.47. The summed E-state index contributed by atoms with van der Waals surface area (Å²) in [4.78, 5) is 17.0. The van der Waals surface area contributed by atoms with E-state index in [0.717, 1.165) is 28.8 Å². The van der Waals surface area contributed by atoms with Crippen LogP contribution >= 0.6 is 0 Å². The maximum Gasteiger partial charge on any atom is 0.255 e. The second-order valence-electron chi connectivity index (χ2n) is 6.78. The molecule has 5 nitrogen and oxygen atoms in total. The zero-order valence-electron chi connectivity index (χ0n) is 16.2. The van der Waals surface area contributed by atoms with E-state index in [4.69, 9.17) is 9.15 Å². The molecule has 0 aliphatic carbocycles. The molecule has 1 aromatic heterocycles. The van der Waals surface area contributed by atoms with E-state index < -0.39 is 0 Å². The van der Waals surface area contributed by atoms with Gasteiger partial charge >= 0.3 is 0 Å². The maximum absolute atomic E-state index is 12.5. The number of ether oxygens (including phenoxy) is 1. The lowest BCUT2D eigenvalue weighted by Crippen LogP contribution is -2.12. The second kappa shape index (κ2) is 8.61. The molecule has 0 saturated heterocycles. The second-order valence-corrected chi connectivity index (χ2v) is 6.78. The van der Waals surface area contributed by atoms with Gasteiger partial charge in [-0.15, -0.1) is 0 Å². The van der Waals surface area contributed by atoms with Gasteiger partial charge in [0.15, 0.2) is 11.5 Å². The summed E-state index contributed by atoms with van der Waals surface area (Å²) < 4.78 is 11.4. The SMILES string of the molecule is CCCOc1cccc(C(=O)Nc2ccc(Cc3nc4ccccc4o3)cc2)c1. The number of hydrogen-bond acceptors (Lipinski definition) is 4. The molecule has 1 amide bonds. The lowest BCUT2D eigenvalue weighted by atomic mass is 10.1. The van der Waals surface area contributed by atoms with Gasteiger partial charge in [-0.1, -0.05) is 37.3 Å². The number of hydrogen-bond donors (Lipinski definition) is 1. The minimum absolute atomic E-state index is 0.168. The van der Waals surface area contributed by atoms with E-state index in [1.807, 2.05) is 67.6 Å². The van der Waals surface area contributed by atoms with Crippen molar-refractivity contribution in [1.82, 2.24) is 4.98 Å². The van der Waals surface area contributed by atoms with Crippen molar-refractivity contribution in [3.05, 3.63) is 89.8 Å². The molecule has 3 aromatic carbocycles. The first kappa shape index (κ1) is 18.7. The van der Waals surface area contributed by atoms with Gasteiger partial charge in [0.1, 0.15) is 11.3 Å². The van der Waals surface area contributed by atoms with Crippen LogP contribution in [0.3, 0.4) is 0 Å². The van der Waals surface area contributed by atoms with Crippen molar-refractivity contribution in [1.29, 1.82) is 0 Å². The number of carbonyl (C=O) groups excluding carboxylic acids is 1. The number of nitrogens with zero attached hydrogens (tertiary/aromatic N) is 1. The van der Waals surface area contributed by atoms with E-state index in [2.05, 4.69) is 10.3 Å². The average molecular weight is 386 g/mol. The summed E-state index contributed by atoms with van der Waals surface area (Å²) in [6, 6.07) is 22.6. The van der Waals surface area contributed by atoms with E-state index in [1.165, 1.54) is 0 Å². The van der Waals surface area contributed by atoms with E-state index >= 15 is 0 Å². The molecule has 5 heteroatoms. The monoisotopic (exact) mass is 386 g/mol. The van der Waals surface area contributed by atoms with Gasteiger partial charge in [-0.25, -0.2) is 4.98 Å². The molecule has 0 saturated carbocycles. The Morgan fingerprint density at radius 1 is 1.03 bits per heavy atom. The fourth-order valence-corrected chi connectivity index (χ4v) is 3.03. The predicted octanol–water partition coefficient (Wildman–Crippen LogP) is 5.46. The zero-order chi connectivity index (χ0) is 20.1. The Kier molecular flexibility index (Phi) is 5.56. The highest BCUT2D eigenvalue weighted by Gasteiger charge is 2.09. The van der Waals surface area contributed by atoms with Gasteiger partial charge < -0.3 is 14.5 Å². The molecule has 0 spiro atoms. The molecular formula is C24H22N2O3. The molecule has 146 valence electrons. The van der Waals surface area contributed by atoms with Crippen LogP contribution in [0.4, 0.5) is 5.69 Å². The minimum Gasteiger partial charge on any atom is -0.494 e. The van der Waals surface area contributed by atoms with Gasteiger partial charge in [-0.3, -0.25) is 4.79 Å². The molecule has 0 bridgehead atoms. The first-order chi connectivity index (χ1) is 14.2. The van der Waals surface area contributed by atoms with Gasteiger partial charge in [0.25, 0.3) is 5.91 Å². The van der Waals surface area contributed by atoms with Crippen LogP contribution in [-0.2, 0) is 6.42 Å². The molecule has 4 rings (SSSR count). The smallest absolute Gasteiger partial charge is 0.255 e. The van der Waals surface area contributed by atoms with Crippen molar-refractivity contribution < 1.29 is 13.9 Å². The van der Waals surface area contributed by atoms with Gasteiger partial charge in [0.05, 0.1) is 6.61 Å². The number of rotatable bonds is 7. The maximum atomic E-state index is 12.5. The molecule has 0 atom stereocenters. The summed E-state index contributed by atoms with van der Waals surface area (Å²) in [5.41, 5.74) is 4.00. The number of anilines is 1. The Hall–Kier alpha value is -3.60. The summed E-state index contributed by atoms with van der Waals surface area (Å²) >= 11 is 0. The van der Waals surface area contributed by atoms with E-state index in [0.29, 0.717) is 30.2 Å². The van der Waals surface area contributed by atoms with Gasteiger partial charge in [0.2, 0.25) is 0 Å². The summed E-state index contributed by atoms with van der Waals surface area (Å²) in [7, 11) is 0. The number of nitrogens with one attached hydrogen (secondary N) is 1. The molecule has 0 radical (unpaired) electrons. The number of fused-ring (bicyclic) bond motifs is 1. The van der Waals surface area contributed by atoms with Crippen molar-refractivity contribution in [2.75, 3.05) is 11.9 Å². The van der Waals surface area contributed by atoms with Crippen LogP contribution in [-0.4, -0.2) is 17.5 Å². The molecule has 0 aliphatic rings. The van der Waals surface area contributed by atoms with E-state index in [1.54, 1.807) is 12.1 Å². The van der Waals surface area contributed by atoms with Crippen LogP contribution in [0.15, 0.2) is 77.2 Å². The van der Waals surface area contributed by atoms with Crippen molar-refractivity contribution >= 4 is 22.7 Å². The van der Waals surface area contributed by atoms with Crippen molar-refractivity contribution in [2.24, 2.45) is 0 Å². The number of para-hydroxylation sites is 2. The fourth-order valence-electron chi connectivity index (χ4n) is 3.03.